The van der Waals surface area contributed by atoms with Crippen LogP contribution in [0.3, 0.4) is 0 Å². The zero-order chi connectivity index (χ0) is 12.5. The quantitative estimate of drug-likeness (QED) is 0.846. The maximum Gasteiger partial charge on any atom is 0.167 e. The highest BCUT2D eigenvalue weighted by atomic mass is 32.2. The number of thioether (sulfide) groups is 1. The Labute approximate surface area is 119 Å². The maximum absolute atomic E-state index is 5.48. The van der Waals surface area contributed by atoms with E-state index in [-0.39, 0.29) is 5.37 Å². The summed E-state index contributed by atoms with van der Waals surface area (Å²) in [4.78, 5) is 5.61. The second kappa shape index (κ2) is 4.87. The van der Waals surface area contributed by atoms with Gasteiger partial charge in [0, 0.05) is 5.69 Å². The van der Waals surface area contributed by atoms with E-state index in [1.807, 2.05) is 18.2 Å². The molecule has 2 heterocycles. The van der Waals surface area contributed by atoms with Crippen LogP contribution in [0, 0.1) is 3.95 Å². The number of hydrogen-bond donors (Lipinski definition) is 1. The van der Waals surface area contributed by atoms with Crippen LogP contribution in [-0.4, -0.2) is 17.2 Å². The Morgan fingerprint density at radius 3 is 2.89 bits per heavy atom. The molecule has 3 nitrogen and oxygen atoms in total. The first-order chi connectivity index (χ1) is 8.81. The number of aliphatic imine (C=N–C) groups is 1. The summed E-state index contributed by atoms with van der Waals surface area (Å²) in [6.45, 7) is 0. The fourth-order valence-corrected chi connectivity index (χ4v) is 4.20. The molecule has 6 heteroatoms. The Morgan fingerprint density at radius 1 is 1.39 bits per heavy atom. The second-order valence-corrected chi connectivity index (χ2v) is 6.36. The predicted molar refractivity (Wildman–Crippen MR) is 82.9 cm³/mol. The lowest BCUT2D eigenvalue weighted by atomic mass is 10.3. The highest BCUT2D eigenvalue weighted by Gasteiger charge is 2.23. The summed E-state index contributed by atoms with van der Waals surface area (Å²) >= 11 is 8.82. The molecule has 18 heavy (non-hydrogen) atoms. The van der Waals surface area contributed by atoms with Gasteiger partial charge in [-0.1, -0.05) is 18.2 Å². The van der Waals surface area contributed by atoms with Crippen molar-refractivity contribution in [2.24, 2.45) is 4.99 Å². The molecule has 0 aliphatic carbocycles. The smallest absolute Gasteiger partial charge is 0.167 e. The van der Waals surface area contributed by atoms with Crippen molar-refractivity contribution in [3.63, 3.8) is 0 Å². The summed E-state index contributed by atoms with van der Waals surface area (Å²) in [7, 11) is 0. The zero-order valence-corrected chi connectivity index (χ0v) is 12.1. The monoisotopic (exact) mass is 293 g/mol. The molecule has 1 aromatic heterocycles. The van der Waals surface area contributed by atoms with Gasteiger partial charge in [0.25, 0.3) is 0 Å². The fraction of sp³-hybridized carbons (Fsp3) is 0.167. The minimum Gasteiger partial charge on any atom is -0.331 e. The topological polar surface area (TPSA) is 29.3 Å². The van der Waals surface area contributed by atoms with Gasteiger partial charge >= 0.3 is 0 Å². The van der Waals surface area contributed by atoms with Crippen LogP contribution in [0.2, 0.25) is 0 Å². The molecule has 1 aliphatic heterocycles. The minimum atomic E-state index is 0.151. The van der Waals surface area contributed by atoms with Crippen LogP contribution in [0.5, 0.6) is 0 Å². The second-order valence-electron chi connectivity index (χ2n) is 3.76. The molecule has 0 unspecified atom stereocenters. The summed E-state index contributed by atoms with van der Waals surface area (Å²) in [6.07, 6.45) is 3.82. The van der Waals surface area contributed by atoms with E-state index >= 15 is 0 Å². The van der Waals surface area contributed by atoms with Crippen molar-refractivity contribution in [2.45, 2.75) is 5.37 Å². The van der Waals surface area contributed by atoms with Gasteiger partial charge < -0.3 is 5.32 Å². The fourth-order valence-electron chi connectivity index (χ4n) is 1.91. The first kappa shape index (κ1) is 12.0. The first-order valence-corrected chi connectivity index (χ1v) is 7.94. The predicted octanol–water partition coefficient (Wildman–Crippen LogP) is 4.08. The van der Waals surface area contributed by atoms with E-state index in [1.54, 1.807) is 29.4 Å². The third-order valence-corrected chi connectivity index (χ3v) is 5.09. The van der Waals surface area contributed by atoms with E-state index in [4.69, 9.17) is 12.2 Å². The van der Waals surface area contributed by atoms with Gasteiger partial charge in [0.2, 0.25) is 0 Å². The van der Waals surface area contributed by atoms with Gasteiger partial charge in [-0.3, -0.25) is 9.56 Å². The van der Waals surface area contributed by atoms with E-state index in [0.717, 1.165) is 15.5 Å². The van der Waals surface area contributed by atoms with Crippen LogP contribution in [0.4, 0.5) is 5.82 Å². The molecule has 2 aromatic rings. The third kappa shape index (κ3) is 1.90. The van der Waals surface area contributed by atoms with E-state index in [2.05, 4.69) is 33.3 Å². The normalized spacial score (nSPS) is 17.3. The molecular weight excluding hydrogens is 282 g/mol. The van der Waals surface area contributed by atoms with Crippen LogP contribution in [0.15, 0.2) is 35.3 Å². The highest BCUT2D eigenvalue weighted by Crippen LogP contribution is 2.41. The zero-order valence-electron chi connectivity index (χ0n) is 9.66. The maximum atomic E-state index is 5.48. The van der Waals surface area contributed by atoms with Crippen LogP contribution in [0.1, 0.15) is 10.3 Å². The lowest BCUT2D eigenvalue weighted by Gasteiger charge is -2.17. The number of nitrogens with zero attached hydrogens (tertiary/aromatic N) is 2. The van der Waals surface area contributed by atoms with E-state index < -0.39 is 0 Å². The number of rotatable bonds is 2. The summed E-state index contributed by atoms with van der Waals surface area (Å²) in [6, 6.07) is 10.2. The highest BCUT2D eigenvalue weighted by molar-refractivity contribution is 7.99. The molecule has 0 saturated heterocycles. The lowest BCUT2D eigenvalue weighted by molar-refractivity contribution is 1.00. The van der Waals surface area contributed by atoms with Gasteiger partial charge in [-0.2, -0.15) is 0 Å². The molecule has 0 radical (unpaired) electrons. The minimum absolute atomic E-state index is 0.151. The molecule has 0 fully saturated rings. The van der Waals surface area contributed by atoms with Crippen molar-refractivity contribution in [3.05, 3.63) is 39.2 Å². The standard InChI is InChI=1S/C12H11N3S3/c1-17-11-9-10(13-7-14-11)15(12(16)18-9)8-5-3-2-4-6-8/h2-7,11H,1H3,(H,13,14)/t11-/m0/s1. The van der Waals surface area contributed by atoms with Crippen molar-refractivity contribution in [3.8, 4) is 5.69 Å². The third-order valence-electron chi connectivity index (χ3n) is 2.71. The number of aromatic nitrogens is 1. The molecule has 0 amide bonds. The number of fused-ring (bicyclic) bond motifs is 1. The summed E-state index contributed by atoms with van der Waals surface area (Å²) in [5, 5.41) is 3.37. The average molecular weight is 293 g/mol. The number of para-hydroxylation sites is 1. The number of nitrogens with one attached hydrogen (secondary N) is 1. The lowest BCUT2D eigenvalue weighted by Crippen LogP contribution is -2.10. The van der Waals surface area contributed by atoms with Crippen molar-refractivity contribution in [1.29, 1.82) is 0 Å². The first-order valence-electron chi connectivity index (χ1n) is 5.43. The number of hydrogen-bond acceptors (Lipinski definition) is 5. The van der Waals surface area contributed by atoms with Gasteiger partial charge in [0.05, 0.1) is 11.2 Å². The summed E-state index contributed by atoms with van der Waals surface area (Å²) in [5.74, 6) is 1.05. The van der Waals surface area contributed by atoms with Gasteiger partial charge in [-0.15, -0.1) is 23.1 Å². The van der Waals surface area contributed by atoms with Crippen LogP contribution in [0.25, 0.3) is 5.69 Å². The molecule has 1 N–H and O–H groups in total. The molecule has 0 bridgehead atoms. The van der Waals surface area contributed by atoms with Crippen LogP contribution in [-0.2, 0) is 0 Å². The van der Waals surface area contributed by atoms with Gasteiger partial charge in [0.15, 0.2) is 3.95 Å². The average Bonchev–Trinajstić information content (AvgIpc) is 2.75. The Balaban J connectivity index is 2.19. The van der Waals surface area contributed by atoms with Crippen LogP contribution < -0.4 is 5.32 Å². The molecular formula is C12H11N3S3. The number of thiazole rings is 1. The molecule has 1 atom stereocenters. The molecule has 0 spiro atoms. The Morgan fingerprint density at radius 2 is 2.17 bits per heavy atom. The van der Waals surface area contributed by atoms with Crippen LogP contribution >= 0.6 is 35.3 Å². The number of benzene rings is 1. The Bertz CT molecular complexity index is 642. The number of anilines is 1. The summed E-state index contributed by atoms with van der Waals surface area (Å²) in [5.41, 5.74) is 1.09. The van der Waals surface area contributed by atoms with E-state index in [0.29, 0.717) is 0 Å². The van der Waals surface area contributed by atoms with E-state index in [1.165, 1.54) is 4.88 Å². The van der Waals surface area contributed by atoms with Crippen molar-refractivity contribution in [2.75, 3.05) is 11.6 Å². The Kier molecular flexibility index (Phi) is 3.23. The van der Waals surface area contributed by atoms with Gasteiger partial charge in [0.1, 0.15) is 11.2 Å². The summed E-state index contributed by atoms with van der Waals surface area (Å²) < 4.78 is 2.92. The molecule has 0 saturated carbocycles. The largest absolute Gasteiger partial charge is 0.331 e. The van der Waals surface area contributed by atoms with Crippen molar-refractivity contribution < 1.29 is 0 Å². The molecule has 1 aliphatic rings. The van der Waals surface area contributed by atoms with Crippen molar-refractivity contribution >= 4 is 47.5 Å². The molecule has 1 aromatic carbocycles. The molecule has 92 valence electrons. The van der Waals surface area contributed by atoms with Gasteiger partial charge in [-0.25, -0.2) is 0 Å². The van der Waals surface area contributed by atoms with E-state index in [9.17, 15) is 0 Å². The van der Waals surface area contributed by atoms with Crippen molar-refractivity contribution in [1.82, 2.24) is 4.57 Å². The van der Waals surface area contributed by atoms with Gasteiger partial charge in [-0.05, 0) is 30.6 Å². The SMILES string of the molecule is CS[C@@H]1N=CNc2c1sc(=S)n2-c1ccccc1. The Hall–Kier alpha value is -1.11. The molecule has 3 rings (SSSR count).